The predicted molar refractivity (Wildman–Crippen MR) is 72.1 cm³/mol. The predicted octanol–water partition coefficient (Wildman–Crippen LogP) is 5.32. The van der Waals surface area contributed by atoms with E-state index in [0.29, 0.717) is 16.6 Å². The van der Waals surface area contributed by atoms with E-state index in [1.165, 1.54) is 0 Å². The van der Waals surface area contributed by atoms with Gasteiger partial charge >= 0.3 is 6.18 Å². The molecule has 0 bridgehead atoms. The van der Waals surface area contributed by atoms with Gasteiger partial charge in [0.15, 0.2) is 0 Å². The highest BCUT2D eigenvalue weighted by Gasteiger charge is 2.29. The molecule has 2 rings (SSSR count). The van der Waals surface area contributed by atoms with Gasteiger partial charge in [-0.3, -0.25) is 0 Å². The van der Waals surface area contributed by atoms with E-state index in [4.69, 9.17) is 11.6 Å². The molecule has 0 aliphatic heterocycles. The van der Waals surface area contributed by atoms with Gasteiger partial charge in [-0.15, -0.1) is 0 Å². The molecule has 0 spiro atoms. The minimum absolute atomic E-state index is 0.158. The van der Waals surface area contributed by atoms with Crippen LogP contribution in [0, 0.1) is 0 Å². The standard InChI is InChI=1S/C14H17ClF3N/c1-8(2)10-5-11(9-3-4-9)12(15)6-13(10)19-7-14(16,17)18/h5-6,8-9,19H,3-4,7H2,1-2H3. The molecule has 0 radical (unpaired) electrons. The fraction of sp³-hybridized carbons (Fsp3) is 0.571. The normalized spacial score (nSPS) is 15.9. The maximum Gasteiger partial charge on any atom is 0.405 e. The first-order chi connectivity index (χ1) is 8.78. The Bertz CT molecular complexity index is 464. The molecule has 0 unspecified atom stereocenters. The molecule has 1 fully saturated rings. The second kappa shape index (κ2) is 5.23. The first-order valence-corrected chi connectivity index (χ1v) is 6.79. The van der Waals surface area contributed by atoms with Crippen molar-refractivity contribution in [2.45, 2.75) is 44.7 Å². The lowest BCUT2D eigenvalue weighted by molar-refractivity contribution is -0.115. The van der Waals surface area contributed by atoms with E-state index in [1.54, 1.807) is 6.07 Å². The number of benzene rings is 1. The Labute approximate surface area is 116 Å². The second-order valence-corrected chi connectivity index (χ2v) is 5.77. The molecule has 0 amide bonds. The van der Waals surface area contributed by atoms with Crippen LogP contribution in [0.5, 0.6) is 0 Å². The SMILES string of the molecule is CC(C)c1cc(C2CC2)c(Cl)cc1NCC(F)(F)F. The zero-order valence-corrected chi connectivity index (χ0v) is 11.7. The molecule has 0 saturated heterocycles. The number of hydrogen-bond donors (Lipinski definition) is 1. The van der Waals surface area contributed by atoms with Crippen molar-refractivity contribution < 1.29 is 13.2 Å². The molecule has 1 nitrogen and oxygen atoms in total. The average molecular weight is 292 g/mol. The summed E-state index contributed by atoms with van der Waals surface area (Å²) in [6, 6.07) is 3.60. The van der Waals surface area contributed by atoms with Crippen molar-refractivity contribution in [3.8, 4) is 0 Å². The molecule has 106 valence electrons. The number of halogens is 4. The lowest BCUT2D eigenvalue weighted by Gasteiger charge is -2.18. The van der Waals surface area contributed by atoms with Crippen LogP contribution < -0.4 is 5.32 Å². The largest absolute Gasteiger partial charge is 0.405 e. The molecule has 1 aliphatic rings. The van der Waals surface area contributed by atoms with Gasteiger partial charge in [0.25, 0.3) is 0 Å². The van der Waals surface area contributed by atoms with Gasteiger partial charge in [-0.05, 0) is 41.9 Å². The lowest BCUT2D eigenvalue weighted by atomic mass is 9.96. The summed E-state index contributed by atoms with van der Waals surface area (Å²) in [6.07, 6.45) is -1.99. The summed E-state index contributed by atoms with van der Waals surface area (Å²) in [6.45, 7) is 2.91. The van der Waals surface area contributed by atoms with Crippen molar-refractivity contribution in [3.63, 3.8) is 0 Å². The van der Waals surface area contributed by atoms with E-state index in [0.717, 1.165) is 24.0 Å². The summed E-state index contributed by atoms with van der Waals surface area (Å²) in [5.74, 6) is 0.646. The summed E-state index contributed by atoms with van der Waals surface area (Å²) in [4.78, 5) is 0. The highest BCUT2D eigenvalue weighted by molar-refractivity contribution is 6.31. The maximum absolute atomic E-state index is 12.3. The Kier molecular flexibility index (Phi) is 4.00. The van der Waals surface area contributed by atoms with Gasteiger partial charge in [0.05, 0.1) is 0 Å². The fourth-order valence-corrected chi connectivity index (χ4v) is 2.46. The van der Waals surface area contributed by atoms with E-state index in [2.05, 4.69) is 5.32 Å². The summed E-state index contributed by atoms with van der Waals surface area (Å²) >= 11 is 6.17. The van der Waals surface area contributed by atoms with Crippen LogP contribution in [0.15, 0.2) is 12.1 Å². The molecular weight excluding hydrogens is 275 g/mol. The molecule has 0 aromatic heterocycles. The van der Waals surface area contributed by atoms with Crippen LogP contribution in [0.3, 0.4) is 0 Å². The molecule has 19 heavy (non-hydrogen) atoms. The van der Waals surface area contributed by atoms with Gasteiger partial charge in [0.2, 0.25) is 0 Å². The van der Waals surface area contributed by atoms with Crippen molar-refractivity contribution in [1.29, 1.82) is 0 Å². The van der Waals surface area contributed by atoms with E-state index in [-0.39, 0.29) is 5.92 Å². The highest BCUT2D eigenvalue weighted by atomic mass is 35.5. The monoisotopic (exact) mass is 291 g/mol. The van der Waals surface area contributed by atoms with Crippen LogP contribution in [0.1, 0.15) is 49.7 Å². The van der Waals surface area contributed by atoms with Crippen molar-refractivity contribution in [2.75, 3.05) is 11.9 Å². The number of nitrogens with one attached hydrogen (secondary N) is 1. The Morgan fingerprint density at radius 2 is 1.95 bits per heavy atom. The minimum atomic E-state index is -4.23. The quantitative estimate of drug-likeness (QED) is 0.792. The smallest absolute Gasteiger partial charge is 0.376 e. The lowest BCUT2D eigenvalue weighted by Crippen LogP contribution is -2.22. The van der Waals surface area contributed by atoms with Gasteiger partial charge in [-0.1, -0.05) is 31.5 Å². The summed E-state index contributed by atoms with van der Waals surface area (Å²) < 4.78 is 36.9. The molecule has 1 aromatic rings. The Hall–Kier alpha value is -0.900. The average Bonchev–Trinajstić information content (AvgIpc) is 3.08. The first kappa shape index (κ1) is 14.5. The molecule has 1 aromatic carbocycles. The molecular formula is C14H17ClF3N. The van der Waals surface area contributed by atoms with E-state index < -0.39 is 12.7 Å². The molecule has 1 N–H and O–H groups in total. The van der Waals surface area contributed by atoms with Crippen LogP contribution in [-0.4, -0.2) is 12.7 Å². The van der Waals surface area contributed by atoms with E-state index >= 15 is 0 Å². The molecule has 0 atom stereocenters. The van der Waals surface area contributed by atoms with Gasteiger partial charge in [0, 0.05) is 10.7 Å². The summed E-state index contributed by atoms with van der Waals surface area (Å²) in [5, 5.41) is 3.02. The van der Waals surface area contributed by atoms with Crippen LogP contribution in [0.4, 0.5) is 18.9 Å². The summed E-state index contributed by atoms with van der Waals surface area (Å²) in [7, 11) is 0. The fourth-order valence-electron chi connectivity index (χ4n) is 2.14. The van der Waals surface area contributed by atoms with Gasteiger partial charge in [0.1, 0.15) is 6.54 Å². The molecule has 1 aliphatic carbocycles. The number of anilines is 1. The van der Waals surface area contributed by atoms with Crippen LogP contribution >= 0.6 is 11.6 Å². The topological polar surface area (TPSA) is 12.0 Å². The van der Waals surface area contributed by atoms with Crippen LogP contribution in [0.25, 0.3) is 0 Å². The van der Waals surface area contributed by atoms with Crippen molar-refractivity contribution in [2.24, 2.45) is 0 Å². The van der Waals surface area contributed by atoms with Crippen LogP contribution in [-0.2, 0) is 0 Å². The Morgan fingerprint density at radius 3 is 2.42 bits per heavy atom. The van der Waals surface area contributed by atoms with Crippen molar-refractivity contribution in [3.05, 3.63) is 28.3 Å². The third-order valence-corrected chi connectivity index (χ3v) is 3.61. The zero-order valence-electron chi connectivity index (χ0n) is 10.9. The minimum Gasteiger partial charge on any atom is -0.376 e. The molecule has 1 saturated carbocycles. The van der Waals surface area contributed by atoms with Crippen molar-refractivity contribution in [1.82, 2.24) is 0 Å². The first-order valence-electron chi connectivity index (χ1n) is 6.42. The van der Waals surface area contributed by atoms with Gasteiger partial charge in [-0.25, -0.2) is 0 Å². The summed E-state index contributed by atoms with van der Waals surface area (Å²) in [5.41, 5.74) is 2.46. The Morgan fingerprint density at radius 1 is 1.32 bits per heavy atom. The van der Waals surface area contributed by atoms with Gasteiger partial charge < -0.3 is 5.32 Å². The molecule has 5 heteroatoms. The van der Waals surface area contributed by atoms with Crippen LogP contribution in [0.2, 0.25) is 5.02 Å². The number of rotatable bonds is 4. The third-order valence-electron chi connectivity index (χ3n) is 3.29. The zero-order chi connectivity index (χ0) is 14.2. The van der Waals surface area contributed by atoms with Gasteiger partial charge in [-0.2, -0.15) is 13.2 Å². The number of hydrogen-bond acceptors (Lipinski definition) is 1. The molecule has 0 heterocycles. The Balaban J connectivity index is 2.28. The second-order valence-electron chi connectivity index (χ2n) is 5.36. The third kappa shape index (κ3) is 3.78. The number of alkyl halides is 3. The van der Waals surface area contributed by atoms with E-state index in [9.17, 15) is 13.2 Å². The maximum atomic E-state index is 12.3. The highest BCUT2D eigenvalue weighted by Crippen LogP contribution is 2.45. The van der Waals surface area contributed by atoms with Crippen molar-refractivity contribution >= 4 is 17.3 Å². The van der Waals surface area contributed by atoms with E-state index in [1.807, 2.05) is 19.9 Å².